The number of carbonyl (C=O) groups excluding carboxylic acids is 1. The minimum Gasteiger partial charge on any atom is -0.491 e. The first-order valence-corrected chi connectivity index (χ1v) is 4.99. The fourth-order valence-electron chi connectivity index (χ4n) is 2.31. The van der Waals surface area contributed by atoms with Crippen molar-refractivity contribution in [2.75, 3.05) is 13.7 Å². The topological polar surface area (TPSA) is 66.8 Å². The number of fused-ring (bicyclic) bond motifs is 1. The number of carbonyl (C=O) groups is 2. The predicted octanol–water partition coefficient (Wildman–Crippen LogP) is 0.366. The SMILES string of the molecule is COC1=C(C(=O)O)C2CCCCN2C1=O. The fraction of sp³-hybridized carbons (Fsp3) is 0.600. The van der Waals surface area contributed by atoms with Crippen LogP contribution in [0.5, 0.6) is 0 Å². The molecule has 82 valence electrons. The molecule has 2 heterocycles. The number of carboxylic acids is 1. The van der Waals surface area contributed by atoms with Gasteiger partial charge in [-0.05, 0) is 19.3 Å². The van der Waals surface area contributed by atoms with E-state index < -0.39 is 5.97 Å². The Kier molecular flexibility index (Phi) is 2.38. The van der Waals surface area contributed by atoms with Gasteiger partial charge in [-0.2, -0.15) is 0 Å². The van der Waals surface area contributed by atoms with E-state index >= 15 is 0 Å². The summed E-state index contributed by atoms with van der Waals surface area (Å²) in [6.45, 7) is 0.632. The van der Waals surface area contributed by atoms with Crippen LogP contribution in [0.2, 0.25) is 0 Å². The molecule has 2 aliphatic heterocycles. The normalized spacial score (nSPS) is 25.5. The summed E-state index contributed by atoms with van der Waals surface area (Å²) in [6, 6.07) is -0.279. The molecule has 2 aliphatic rings. The van der Waals surface area contributed by atoms with Crippen molar-refractivity contribution in [1.29, 1.82) is 0 Å². The molecule has 0 aromatic heterocycles. The Hall–Kier alpha value is -1.52. The van der Waals surface area contributed by atoms with Crippen molar-refractivity contribution in [2.45, 2.75) is 25.3 Å². The molecule has 1 unspecified atom stereocenters. The Morgan fingerprint density at radius 2 is 2.27 bits per heavy atom. The van der Waals surface area contributed by atoms with E-state index in [4.69, 9.17) is 9.84 Å². The maximum absolute atomic E-state index is 11.8. The highest BCUT2D eigenvalue weighted by Gasteiger charge is 2.44. The number of aliphatic carboxylic acids is 1. The van der Waals surface area contributed by atoms with Gasteiger partial charge >= 0.3 is 5.97 Å². The molecule has 0 aromatic rings. The standard InChI is InChI=1S/C10H13NO4/c1-15-8-7(10(13)14)6-4-2-3-5-11(6)9(8)12/h6H,2-5H2,1H3,(H,13,14). The summed E-state index contributed by atoms with van der Waals surface area (Å²) < 4.78 is 4.90. The number of carboxylic acid groups (broad SMARTS) is 1. The van der Waals surface area contributed by atoms with Gasteiger partial charge in [-0.1, -0.05) is 0 Å². The molecule has 0 spiro atoms. The van der Waals surface area contributed by atoms with Crippen LogP contribution in [0.15, 0.2) is 11.3 Å². The van der Waals surface area contributed by atoms with Gasteiger partial charge < -0.3 is 14.7 Å². The molecule has 0 aromatic carbocycles. The Labute approximate surface area is 87.3 Å². The first-order chi connectivity index (χ1) is 7.16. The molecule has 1 saturated heterocycles. The Bertz CT molecular complexity index is 347. The number of piperidine rings is 1. The van der Waals surface area contributed by atoms with Crippen LogP contribution in [0.1, 0.15) is 19.3 Å². The third-order valence-corrected chi connectivity index (χ3v) is 2.97. The smallest absolute Gasteiger partial charge is 0.337 e. The third kappa shape index (κ3) is 1.38. The Morgan fingerprint density at radius 1 is 1.53 bits per heavy atom. The lowest BCUT2D eigenvalue weighted by Gasteiger charge is -2.29. The molecule has 0 saturated carbocycles. The van der Waals surface area contributed by atoms with Crippen LogP contribution in [0, 0.1) is 0 Å². The van der Waals surface area contributed by atoms with Crippen molar-refractivity contribution in [3.63, 3.8) is 0 Å². The van der Waals surface area contributed by atoms with Gasteiger partial charge in [0.05, 0.1) is 13.2 Å². The molecular formula is C10H13NO4. The summed E-state index contributed by atoms with van der Waals surface area (Å²) in [4.78, 5) is 24.4. The summed E-state index contributed by atoms with van der Waals surface area (Å²) in [6.07, 6.45) is 2.62. The second-order valence-electron chi connectivity index (χ2n) is 3.76. The maximum Gasteiger partial charge on any atom is 0.337 e. The largest absolute Gasteiger partial charge is 0.491 e. The molecule has 0 bridgehead atoms. The van der Waals surface area contributed by atoms with Crippen molar-refractivity contribution >= 4 is 11.9 Å². The van der Waals surface area contributed by atoms with E-state index in [0.717, 1.165) is 19.3 Å². The number of hydrogen-bond donors (Lipinski definition) is 1. The zero-order chi connectivity index (χ0) is 11.0. The van der Waals surface area contributed by atoms with Gasteiger partial charge in [-0.25, -0.2) is 4.79 Å². The van der Waals surface area contributed by atoms with Gasteiger partial charge in [0, 0.05) is 6.54 Å². The molecule has 15 heavy (non-hydrogen) atoms. The highest BCUT2D eigenvalue weighted by Crippen LogP contribution is 2.33. The number of nitrogens with zero attached hydrogens (tertiary/aromatic N) is 1. The second-order valence-corrected chi connectivity index (χ2v) is 3.76. The van der Waals surface area contributed by atoms with Crippen LogP contribution in [-0.4, -0.2) is 41.6 Å². The number of rotatable bonds is 2. The van der Waals surface area contributed by atoms with E-state index in [1.165, 1.54) is 7.11 Å². The average molecular weight is 211 g/mol. The van der Waals surface area contributed by atoms with Crippen LogP contribution in [0.25, 0.3) is 0 Å². The van der Waals surface area contributed by atoms with Crippen molar-refractivity contribution in [2.24, 2.45) is 0 Å². The van der Waals surface area contributed by atoms with E-state index in [2.05, 4.69) is 0 Å². The average Bonchev–Trinajstić information content (AvgIpc) is 2.52. The summed E-state index contributed by atoms with van der Waals surface area (Å²) in [5.41, 5.74) is 0.127. The predicted molar refractivity (Wildman–Crippen MR) is 51.0 cm³/mol. The zero-order valence-corrected chi connectivity index (χ0v) is 8.52. The first kappa shape index (κ1) is 10.0. The number of amides is 1. The van der Waals surface area contributed by atoms with E-state index in [-0.39, 0.29) is 23.3 Å². The van der Waals surface area contributed by atoms with Crippen molar-refractivity contribution in [3.8, 4) is 0 Å². The van der Waals surface area contributed by atoms with Gasteiger partial charge in [-0.15, -0.1) is 0 Å². The Balaban J connectivity index is 2.40. The van der Waals surface area contributed by atoms with Gasteiger partial charge in [0.2, 0.25) is 0 Å². The molecule has 5 heteroatoms. The first-order valence-electron chi connectivity index (χ1n) is 4.99. The van der Waals surface area contributed by atoms with Crippen LogP contribution < -0.4 is 0 Å². The van der Waals surface area contributed by atoms with Crippen molar-refractivity contribution < 1.29 is 19.4 Å². The van der Waals surface area contributed by atoms with Crippen LogP contribution in [0.3, 0.4) is 0 Å². The minimum atomic E-state index is -1.05. The van der Waals surface area contributed by atoms with E-state index in [0.29, 0.717) is 6.54 Å². The second kappa shape index (κ2) is 3.56. The molecule has 1 atom stereocenters. The van der Waals surface area contributed by atoms with Crippen molar-refractivity contribution in [1.82, 2.24) is 4.90 Å². The molecule has 2 rings (SSSR count). The third-order valence-electron chi connectivity index (χ3n) is 2.97. The molecule has 0 aliphatic carbocycles. The summed E-state index contributed by atoms with van der Waals surface area (Å²) in [7, 11) is 1.34. The lowest BCUT2D eigenvalue weighted by Crippen LogP contribution is -2.40. The van der Waals surface area contributed by atoms with Gasteiger partial charge in [0.1, 0.15) is 5.57 Å². The number of ether oxygens (including phenoxy) is 1. The lowest BCUT2D eigenvalue weighted by molar-refractivity contribution is -0.133. The maximum atomic E-state index is 11.8. The quantitative estimate of drug-likeness (QED) is 0.716. The van der Waals surface area contributed by atoms with Gasteiger partial charge in [0.25, 0.3) is 5.91 Å². The van der Waals surface area contributed by atoms with Crippen molar-refractivity contribution in [3.05, 3.63) is 11.3 Å². The van der Waals surface area contributed by atoms with E-state index in [1.54, 1.807) is 4.90 Å². The molecule has 1 fully saturated rings. The molecule has 1 N–H and O–H groups in total. The monoisotopic (exact) mass is 211 g/mol. The molecule has 1 amide bonds. The van der Waals surface area contributed by atoms with Crippen LogP contribution in [0.4, 0.5) is 0 Å². The summed E-state index contributed by atoms with van der Waals surface area (Å²) in [5, 5.41) is 9.05. The van der Waals surface area contributed by atoms with E-state index in [9.17, 15) is 9.59 Å². The fourth-order valence-corrected chi connectivity index (χ4v) is 2.31. The highest BCUT2D eigenvalue weighted by molar-refractivity contribution is 6.05. The van der Waals surface area contributed by atoms with E-state index in [1.807, 2.05) is 0 Å². The van der Waals surface area contributed by atoms with Crippen LogP contribution >= 0.6 is 0 Å². The van der Waals surface area contributed by atoms with Gasteiger partial charge in [-0.3, -0.25) is 4.79 Å². The summed E-state index contributed by atoms with van der Waals surface area (Å²) in [5.74, 6) is -1.32. The lowest BCUT2D eigenvalue weighted by atomic mass is 9.98. The molecule has 0 radical (unpaired) electrons. The highest BCUT2D eigenvalue weighted by atomic mass is 16.5. The van der Waals surface area contributed by atoms with Crippen LogP contribution in [-0.2, 0) is 14.3 Å². The zero-order valence-electron chi connectivity index (χ0n) is 8.52. The number of methoxy groups -OCH3 is 1. The van der Waals surface area contributed by atoms with Gasteiger partial charge in [0.15, 0.2) is 5.76 Å². The number of hydrogen-bond acceptors (Lipinski definition) is 3. The summed E-state index contributed by atoms with van der Waals surface area (Å²) >= 11 is 0. The minimum absolute atomic E-state index is 0.00870. The Morgan fingerprint density at radius 3 is 2.87 bits per heavy atom. The molecule has 5 nitrogen and oxygen atoms in total. The molecular weight excluding hydrogens is 198 g/mol.